The molecule has 41 heavy (non-hydrogen) atoms. The van der Waals surface area contributed by atoms with Crippen LogP contribution in [0.15, 0.2) is 54.1 Å². The van der Waals surface area contributed by atoms with Crippen LogP contribution in [0, 0.1) is 16.7 Å². The Balaban J connectivity index is 1.62. The van der Waals surface area contributed by atoms with Crippen LogP contribution in [0.25, 0.3) is 0 Å². The SMILES string of the molecule is C=CC1O[C@@H]2C3=C(C)[C@@H](O)C[C@@](O)([C@@H](OC(=O)c4ccccc4)[C@H]4[C@@](C)(CCC5OC[C@]54OC(C)=O)[C@@H]2O1)C3(C)C. The highest BCUT2D eigenvalue weighted by atomic mass is 16.7. The van der Waals surface area contributed by atoms with E-state index < -0.39 is 76.7 Å². The first kappa shape index (κ1) is 28.6. The fourth-order valence-electron chi connectivity index (χ4n) is 8.64. The lowest BCUT2D eigenvalue weighted by Crippen LogP contribution is -2.79. The third kappa shape index (κ3) is 3.86. The third-order valence-electron chi connectivity index (χ3n) is 10.7. The fraction of sp³-hybridized carbons (Fsp3) is 0.625. The summed E-state index contributed by atoms with van der Waals surface area (Å²) in [5.74, 6) is -1.86. The summed E-state index contributed by atoms with van der Waals surface area (Å²) < 4.78 is 31.6. The molecule has 4 fully saturated rings. The van der Waals surface area contributed by atoms with Crippen LogP contribution in [0.1, 0.15) is 64.2 Å². The first-order valence-corrected chi connectivity index (χ1v) is 14.4. The second kappa shape index (κ2) is 9.47. The lowest BCUT2D eigenvalue weighted by atomic mass is 9.45. The van der Waals surface area contributed by atoms with Crippen molar-refractivity contribution in [2.75, 3.05) is 6.61 Å². The van der Waals surface area contributed by atoms with Gasteiger partial charge in [0.2, 0.25) is 0 Å². The fourth-order valence-corrected chi connectivity index (χ4v) is 8.64. The van der Waals surface area contributed by atoms with Crippen LogP contribution >= 0.6 is 0 Å². The molecule has 2 heterocycles. The van der Waals surface area contributed by atoms with Crippen LogP contribution in [0.4, 0.5) is 0 Å². The number of carbonyl (C=O) groups is 2. The van der Waals surface area contributed by atoms with Gasteiger partial charge in [-0.15, -0.1) is 0 Å². The minimum Gasteiger partial charge on any atom is -0.455 e. The molecule has 9 heteroatoms. The number of carbonyl (C=O) groups excluding carboxylic acids is 2. The zero-order valence-electron chi connectivity index (χ0n) is 24.3. The van der Waals surface area contributed by atoms with Gasteiger partial charge in [-0.25, -0.2) is 4.79 Å². The zero-order valence-corrected chi connectivity index (χ0v) is 24.3. The quantitative estimate of drug-likeness (QED) is 0.415. The maximum Gasteiger partial charge on any atom is 0.338 e. The Kier molecular flexibility index (Phi) is 6.60. The molecule has 10 atom stereocenters. The molecule has 2 bridgehead atoms. The van der Waals surface area contributed by atoms with Crippen molar-refractivity contribution in [2.45, 2.75) is 102 Å². The van der Waals surface area contributed by atoms with Gasteiger partial charge in [0.1, 0.15) is 23.9 Å². The van der Waals surface area contributed by atoms with Crippen LogP contribution < -0.4 is 0 Å². The van der Waals surface area contributed by atoms with Gasteiger partial charge in [0.15, 0.2) is 11.9 Å². The molecular weight excluding hydrogens is 528 g/mol. The molecule has 0 radical (unpaired) electrons. The number of hydrogen-bond acceptors (Lipinski definition) is 9. The molecule has 1 aromatic rings. The number of hydrogen-bond donors (Lipinski definition) is 2. The number of fused-ring (bicyclic) bond motifs is 8. The molecule has 5 aliphatic rings. The largest absolute Gasteiger partial charge is 0.455 e. The van der Waals surface area contributed by atoms with Gasteiger partial charge in [0.05, 0.1) is 30.3 Å². The van der Waals surface area contributed by atoms with Crippen molar-refractivity contribution < 1.29 is 43.5 Å². The summed E-state index contributed by atoms with van der Waals surface area (Å²) in [5, 5.41) is 24.4. The zero-order chi connectivity index (χ0) is 29.5. The molecule has 222 valence electrons. The van der Waals surface area contributed by atoms with Crippen molar-refractivity contribution >= 4 is 11.9 Å². The van der Waals surface area contributed by atoms with E-state index >= 15 is 0 Å². The number of rotatable bonds is 4. The monoisotopic (exact) mass is 568 g/mol. The van der Waals surface area contributed by atoms with Crippen LogP contribution in [-0.4, -0.2) is 76.8 Å². The van der Waals surface area contributed by atoms with E-state index in [1.807, 2.05) is 27.7 Å². The van der Waals surface area contributed by atoms with Gasteiger partial charge in [0, 0.05) is 24.2 Å². The van der Waals surface area contributed by atoms with Crippen molar-refractivity contribution in [3.8, 4) is 0 Å². The van der Waals surface area contributed by atoms with Gasteiger partial charge in [-0.05, 0) is 49.1 Å². The molecule has 2 unspecified atom stereocenters. The molecule has 2 aliphatic heterocycles. The number of esters is 2. The van der Waals surface area contributed by atoms with Gasteiger partial charge in [-0.1, -0.05) is 45.5 Å². The second-order valence-electron chi connectivity index (χ2n) is 13.1. The summed E-state index contributed by atoms with van der Waals surface area (Å²) in [4.78, 5) is 26.5. The van der Waals surface area contributed by atoms with Crippen molar-refractivity contribution in [1.82, 2.24) is 0 Å². The summed E-state index contributed by atoms with van der Waals surface area (Å²) in [6, 6.07) is 8.60. The highest BCUT2D eigenvalue weighted by molar-refractivity contribution is 5.89. The predicted molar refractivity (Wildman–Crippen MR) is 146 cm³/mol. The molecule has 0 amide bonds. The van der Waals surface area contributed by atoms with Crippen LogP contribution in [0.3, 0.4) is 0 Å². The Morgan fingerprint density at radius 3 is 2.46 bits per heavy atom. The topological polar surface area (TPSA) is 121 Å². The summed E-state index contributed by atoms with van der Waals surface area (Å²) in [6.45, 7) is 13.0. The number of ether oxygens (including phenoxy) is 5. The van der Waals surface area contributed by atoms with E-state index in [0.717, 1.165) is 5.57 Å². The molecule has 2 saturated heterocycles. The van der Waals surface area contributed by atoms with E-state index in [0.29, 0.717) is 24.0 Å². The maximum atomic E-state index is 13.8. The summed E-state index contributed by atoms with van der Waals surface area (Å²) in [5.41, 5.74) is -3.07. The number of aliphatic hydroxyl groups excluding tert-OH is 1. The molecule has 3 aliphatic carbocycles. The number of benzene rings is 1. The average molecular weight is 569 g/mol. The normalized spacial score (nSPS) is 44.2. The molecular formula is C32H40O9. The van der Waals surface area contributed by atoms with Gasteiger partial charge >= 0.3 is 11.9 Å². The molecule has 2 N–H and O–H groups in total. The summed E-state index contributed by atoms with van der Waals surface area (Å²) in [7, 11) is 0. The van der Waals surface area contributed by atoms with E-state index in [4.69, 9.17) is 23.7 Å². The smallest absolute Gasteiger partial charge is 0.338 e. The van der Waals surface area contributed by atoms with Crippen molar-refractivity contribution in [3.63, 3.8) is 0 Å². The Morgan fingerprint density at radius 1 is 1.15 bits per heavy atom. The Hall–Kier alpha value is -2.56. The highest BCUT2D eigenvalue weighted by Gasteiger charge is 2.76. The summed E-state index contributed by atoms with van der Waals surface area (Å²) in [6.07, 6.45) is -1.96. The second-order valence-corrected chi connectivity index (χ2v) is 13.1. The number of aliphatic hydroxyl groups is 2. The van der Waals surface area contributed by atoms with E-state index in [-0.39, 0.29) is 13.0 Å². The Bertz CT molecular complexity index is 1290. The van der Waals surface area contributed by atoms with Crippen LogP contribution in [0.2, 0.25) is 0 Å². The van der Waals surface area contributed by atoms with Gasteiger partial charge in [0.25, 0.3) is 0 Å². The first-order chi connectivity index (χ1) is 19.3. The highest BCUT2D eigenvalue weighted by Crippen LogP contribution is 2.66. The van der Waals surface area contributed by atoms with E-state index in [1.165, 1.54) is 6.92 Å². The minimum absolute atomic E-state index is 0.0839. The van der Waals surface area contributed by atoms with Crippen LogP contribution in [-0.2, 0) is 28.5 Å². The predicted octanol–water partition coefficient (Wildman–Crippen LogP) is 3.48. The van der Waals surface area contributed by atoms with E-state index in [2.05, 4.69) is 6.58 Å². The minimum atomic E-state index is -1.77. The van der Waals surface area contributed by atoms with Gasteiger partial charge in [-0.3, -0.25) is 4.79 Å². The van der Waals surface area contributed by atoms with Crippen molar-refractivity contribution in [1.29, 1.82) is 0 Å². The third-order valence-corrected chi connectivity index (χ3v) is 10.7. The lowest BCUT2D eigenvalue weighted by molar-refractivity contribution is -0.345. The Labute approximate surface area is 240 Å². The van der Waals surface area contributed by atoms with E-state index in [1.54, 1.807) is 36.4 Å². The van der Waals surface area contributed by atoms with Gasteiger partial charge < -0.3 is 33.9 Å². The maximum absolute atomic E-state index is 13.8. The lowest BCUT2D eigenvalue weighted by Gasteiger charge is -2.68. The Morgan fingerprint density at radius 2 is 1.85 bits per heavy atom. The summed E-state index contributed by atoms with van der Waals surface area (Å²) >= 11 is 0. The van der Waals surface area contributed by atoms with Crippen LogP contribution in [0.5, 0.6) is 0 Å². The average Bonchev–Trinajstić information content (AvgIpc) is 3.34. The molecule has 2 saturated carbocycles. The molecule has 1 aromatic carbocycles. The van der Waals surface area contributed by atoms with E-state index in [9.17, 15) is 19.8 Å². The standard InChI is InChI=1S/C32H40O9/c1-7-22-38-24-23-17(2)20(34)15-32(36,29(23,4)5)27(40-28(35)19-11-9-8-10-12-19)25-30(6,26(24)39-22)14-13-21-31(25,16-37-21)41-18(3)33/h7-12,20-22,24-27,34,36H,1,13-16H2,2-6H3/t20-,21?,22?,24+,25-,26+,27-,30+,31-,32+/m0/s1. The molecule has 6 rings (SSSR count). The first-order valence-electron chi connectivity index (χ1n) is 14.4. The van der Waals surface area contributed by atoms with Gasteiger partial charge in [-0.2, -0.15) is 0 Å². The molecule has 0 aromatic heterocycles. The van der Waals surface area contributed by atoms with Crippen molar-refractivity contribution in [2.24, 2.45) is 16.7 Å². The van der Waals surface area contributed by atoms with Crippen molar-refractivity contribution in [3.05, 3.63) is 59.7 Å². The molecule has 0 spiro atoms. The molecule has 9 nitrogen and oxygen atoms in total.